The summed E-state index contributed by atoms with van der Waals surface area (Å²) in [5.41, 5.74) is 1.63. The quantitative estimate of drug-likeness (QED) is 0.0917. The fraction of sp³-hybridized carbons (Fsp3) is 0.179. The number of ether oxygens (including phenoxy) is 2. The van der Waals surface area contributed by atoms with Crippen LogP contribution in [0.2, 0.25) is 0 Å². The molecule has 0 bridgehead atoms. The first-order valence-electron chi connectivity index (χ1n) is 12.1. The first-order valence-corrected chi connectivity index (χ1v) is 13.9. The van der Waals surface area contributed by atoms with Gasteiger partial charge in [-0.3, -0.25) is 19.5 Å². The summed E-state index contributed by atoms with van der Waals surface area (Å²) in [6.07, 6.45) is 2.96. The highest BCUT2D eigenvalue weighted by molar-refractivity contribution is 8.00. The Bertz CT molecular complexity index is 1580. The lowest BCUT2D eigenvalue weighted by Crippen LogP contribution is -2.29. The van der Waals surface area contributed by atoms with Crippen LogP contribution in [0, 0.1) is 5.82 Å². The number of carbonyl (C=O) groups is 2. The van der Waals surface area contributed by atoms with Gasteiger partial charge in [-0.2, -0.15) is 0 Å². The summed E-state index contributed by atoms with van der Waals surface area (Å²) in [7, 11) is 1.49. The highest BCUT2D eigenvalue weighted by Crippen LogP contribution is 2.45. The number of rotatable bonds is 9. The number of aliphatic hydroxyl groups excluding tert-OH is 1. The summed E-state index contributed by atoms with van der Waals surface area (Å²) >= 11 is 2.51. The minimum absolute atomic E-state index is 0.0990. The van der Waals surface area contributed by atoms with Crippen LogP contribution in [-0.2, 0) is 15.3 Å². The molecule has 204 valence electrons. The summed E-state index contributed by atoms with van der Waals surface area (Å²) in [5.74, 6) is -0.953. The molecule has 4 aromatic rings. The Morgan fingerprint density at radius 1 is 1.07 bits per heavy atom. The molecule has 9 nitrogen and oxygen atoms in total. The minimum Gasteiger partial charge on any atom is -0.507 e. The van der Waals surface area contributed by atoms with Gasteiger partial charge in [-0.1, -0.05) is 41.3 Å². The van der Waals surface area contributed by atoms with E-state index in [9.17, 15) is 19.1 Å². The molecule has 1 fully saturated rings. The van der Waals surface area contributed by atoms with Crippen LogP contribution in [0.3, 0.4) is 0 Å². The van der Waals surface area contributed by atoms with Gasteiger partial charge in [0.1, 0.15) is 11.6 Å². The Balaban J connectivity index is 1.56. The van der Waals surface area contributed by atoms with Crippen LogP contribution in [0.1, 0.15) is 29.7 Å². The lowest BCUT2D eigenvalue weighted by Gasteiger charge is -2.23. The zero-order valence-electron chi connectivity index (χ0n) is 21.4. The lowest BCUT2D eigenvalue weighted by atomic mass is 9.95. The van der Waals surface area contributed by atoms with Crippen LogP contribution in [-0.4, -0.2) is 45.7 Å². The zero-order chi connectivity index (χ0) is 28.2. The van der Waals surface area contributed by atoms with Gasteiger partial charge in [0.2, 0.25) is 5.13 Å². The third kappa shape index (κ3) is 5.40. The number of pyridine rings is 1. The molecule has 0 aliphatic carbocycles. The molecule has 2 aromatic heterocycles. The molecule has 12 heteroatoms. The number of Topliss-reactive ketones (excluding diaryl/α,β-unsaturated/α-hetero) is 1. The standard InChI is InChI=1S/C28H23FN4O5S2/c1-3-38-20-9-6-18(14-21(20)37-2)23-22(24(34)17-10-12-30-13-11-17)25(35)26(36)33(23)27-31-32-28(40-27)39-15-16-4-7-19(29)8-5-16/h4-14,23,34H,3,15H2,1-2H3/b24-22+. The Kier molecular flexibility index (Phi) is 8.08. The molecule has 1 N–H and O–H groups in total. The number of aromatic nitrogens is 3. The number of carbonyl (C=O) groups excluding carboxylic acids is 2. The molecular formula is C28H23FN4O5S2. The van der Waals surface area contributed by atoms with Gasteiger partial charge >= 0.3 is 5.91 Å². The molecular weight excluding hydrogens is 555 g/mol. The van der Waals surface area contributed by atoms with Crippen molar-refractivity contribution in [2.75, 3.05) is 18.6 Å². The third-order valence-corrected chi connectivity index (χ3v) is 8.21. The normalized spacial score (nSPS) is 16.4. The van der Waals surface area contributed by atoms with E-state index in [2.05, 4.69) is 15.2 Å². The molecule has 0 saturated carbocycles. The van der Waals surface area contributed by atoms with E-state index >= 15 is 0 Å². The molecule has 1 amide bonds. The molecule has 1 aliphatic heterocycles. The fourth-order valence-electron chi connectivity index (χ4n) is 4.22. The lowest BCUT2D eigenvalue weighted by molar-refractivity contribution is -0.132. The van der Waals surface area contributed by atoms with Crippen molar-refractivity contribution in [3.63, 3.8) is 0 Å². The Labute approximate surface area is 237 Å². The van der Waals surface area contributed by atoms with E-state index in [1.807, 2.05) is 6.92 Å². The Morgan fingerprint density at radius 2 is 1.82 bits per heavy atom. The highest BCUT2D eigenvalue weighted by Gasteiger charge is 2.48. The maximum absolute atomic E-state index is 13.4. The van der Waals surface area contributed by atoms with Gasteiger partial charge in [0, 0.05) is 23.7 Å². The fourth-order valence-corrected chi connectivity index (χ4v) is 6.05. The van der Waals surface area contributed by atoms with Gasteiger partial charge in [0.25, 0.3) is 5.78 Å². The number of anilines is 1. The van der Waals surface area contributed by atoms with Crippen LogP contribution in [0.15, 0.2) is 76.9 Å². The van der Waals surface area contributed by atoms with E-state index in [1.54, 1.807) is 42.5 Å². The van der Waals surface area contributed by atoms with E-state index in [0.29, 0.717) is 39.3 Å². The van der Waals surface area contributed by atoms with Crippen LogP contribution in [0.4, 0.5) is 9.52 Å². The number of benzene rings is 2. The molecule has 0 radical (unpaired) electrons. The Morgan fingerprint density at radius 3 is 2.52 bits per heavy atom. The summed E-state index contributed by atoms with van der Waals surface area (Å²) in [5, 5.41) is 19.8. The molecule has 1 saturated heterocycles. The molecule has 3 heterocycles. The maximum atomic E-state index is 13.4. The van der Waals surface area contributed by atoms with Gasteiger partial charge in [0.05, 0.1) is 25.3 Å². The molecule has 40 heavy (non-hydrogen) atoms. The SMILES string of the molecule is CCOc1ccc(C2/C(=C(\O)c3ccncc3)C(=O)C(=O)N2c2nnc(SCc3ccc(F)cc3)s2)cc1OC. The first-order chi connectivity index (χ1) is 19.4. The molecule has 5 rings (SSSR count). The number of halogens is 1. The van der Waals surface area contributed by atoms with Gasteiger partial charge in [-0.25, -0.2) is 4.39 Å². The number of nitrogens with zero attached hydrogens (tertiary/aromatic N) is 4. The van der Waals surface area contributed by atoms with E-state index in [0.717, 1.165) is 16.9 Å². The van der Waals surface area contributed by atoms with Gasteiger partial charge in [-0.05, 0) is 54.4 Å². The van der Waals surface area contributed by atoms with Crippen molar-refractivity contribution in [3.05, 3.63) is 95.1 Å². The number of hydrogen-bond acceptors (Lipinski definition) is 10. The monoisotopic (exact) mass is 578 g/mol. The summed E-state index contributed by atoms with van der Waals surface area (Å²) in [6.45, 7) is 2.26. The number of amides is 1. The number of thioether (sulfide) groups is 1. The summed E-state index contributed by atoms with van der Waals surface area (Å²) < 4.78 is 24.9. The second-order valence-electron chi connectivity index (χ2n) is 8.51. The second kappa shape index (κ2) is 11.8. The first kappa shape index (κ1) is 27.3. The second-order valence-corrected chi connectivity index (χ2v) is 10.7. The predicted octanol–water partition coefficient (Wildman–Crippen LogP) is 5.40. The van der Waals surface area contributed by atoms with Gasteiger partial charge in [-0.15, -0.1) is 10.2 Å². The summed E-state index contributed by atoms with van der Waals surface area (Å²) in [6, 6.07) is 13.3. The Hall–Kier alpha value is -4.29. The van der Waals surface area contributed by atoms with E-state index in [-0.39, 0.29) is 22.3 Å². The topological polar surface area (TPSA) is 115 Å². The average molecular weight is 579 g/mol. The van der Waals surface area contributed by atoms with E-state index in [1.165, 1.54) is 48.3 Å². The van der Waals surface area contributed by atoms with Crippen molar-refractivity contribution in [3.8, 4) is 11.5 Å². The van der Waals surface area contributed by atoms with Crippen LogP contribution in [0.5, 0.6) is 11.5 Å². The third-order valence-electron chi connectivity index (χ3n) is 6.08. The van der Waals surface area contributed by atoms with E-state index < -0.39 is 17.7 Å². The largest absolute Gasteiger partial charge is 0.507 e. The van der Waals surface area contributed by atoms with Gasteiger partial charge in [0.15, 0.2) is 15.8 Å². The minimum atomic E-state index is -1.01. The molecule has 1 unspecified atom stereocenters. The molecule has 1 aliphatic rings. The van der Waals surface area contributed by atoms with Crippen LogP contribution < -0.4 is 14.4 Å². The number of ketones is 1. The van der Waals surface area contributed by atoms with Crippen molar-refractivity contribution in [2.24, 2.45) is 0 Å². The van der Waals surface area contributed by atoms with Crippen molar-refractivity contribution >= 4 is 45.7 Å². The van der Waals surface area contributed by atoms with E-state index in [4.69, 9.17) is 9.47 Å². The number of hydrogen-bond donors (Lipinski definition) is 1. The number of aliphatic hydroxyl groups is 1. The predicted molar refractivity (Wildman–Crippen MR) is 149 cm³/mol. The van der Waals surface area contributed by atoms with Crippen LogP contribution >= 0.6 is 23.1 Å². The van der Waals surface area contributed by atoms with Crippen molar-refractivity contribution in [1.82, 2.24) is 15.2 Å². The van der Waals surface area contributed by atoms with Crippen molar-refractivity contribution < 1.29 is 28.6 Å². The molecule has 2 aromatic carbocycles. The van der Waals surface area contributed by atoms with Crippen LogP contribution in [0.25, 0.3) is 5.76 Å². The van der Waals surface area contributed by atoms with Crippen molar-refractivity contribution in [2.45, 2.75) is 23.1 Å². The molecule has 0 spiro atoms. The highest BCUT2D eigenvalue weighted by atomic mass is 32.2. The van der Waals surface area contributed by atoms with Gasteiger partial charge < -0.3 is 14.6 Å². The smallest absolute Gasteiger partial charge is 0.301 e. The summed E-state index contributed by atoms with van der Waals surface area (Å²) in [4.78, 5) is 32.0. The van der Waals surface area contributed by atoms with Crippen molar-refractivity contribution in [1.29, 1.82) is 0 Å². The zero-order valence-corrected chi connectivity index (χ0v) is 23.0. The maximum Gasteiger partial charge on any atom is 0.301 e. The molecule has 1 atom stereocenters. The average Bonchev–Trinajstić information content (AvgIpc) is 3.55. The number of methoxy groups -OCH3 is 1.